The highest BCUT2D eigenvalue weighted by Gasteiger charge is 2.24. The summed E-state index contributed by atoms with van der Waals surface area (Å²) in [4.78, 5) is 21.6. The molecule has 0 N–H and O–H groups in total. The van der Waals surface area contributed by atoms with Crippen molar-refractivity contribution in [3.63, 3.8) is 0 Å². The van der Waals surface area contributed by atoms with E-state index in [-0.39, 0.29) is 0 Å². The molecule has 0 fully saturated rings. The highest BCUT2D eigenvalue weighted by atomic mass is 79.9. The summed E-state index contributed by atoms with van der Waals surface area (Å²) in [6.07, 6.45) is 0. The van der Waals surface area contributed by atoms with Crippen molar-refractivity contribution in [3.8, 4) is 0 Å². The van der Waals surface area contributed by atoms with Gasteiger partial charge in [0, 0.05) is 6.92 Å². The summed E-state index contributed by atoms with van der Waals surface area (Å²) in [5.74, 6) is -1.14. The number of halogens is 1. The number of esters is 2. The lowest BCUT2D eigenvalue weighted by atomic mass is 10.2. The Labute approximate surface area is 85.7 Å². The minimum atomic E-state index is -1.02. The highest BCUT2D eigenvalue weighted by molar-refractivity contribution is 9.09. The molecule has 0 aliphatic carbocycles. The van der Waals surface area contributed by atoms with Gasteiger partial charge in [-0.1, -0.05) is 0 Å². The molecule has 0 rings (SSSR count). The van der Waals surface area contributed by atoms with Crippen molar-refractivity contribution in [1.29, 1.82) is 0 Å². The van der Waals surface area contributed by atoms with Gasteiger partial charge in [0.15, 0.2) is 0 Å². The Kier molecular flexibility index (Phi) is 4.39. The van der Waals surface area contributed by atoms with Gasteiger partial charge < -0.3 is 9.47 Å². The van der Waals surface area contributed by atoms with Gasteiger partial charge in [-0.25, -0.2) is 4.79 Å². The highest BCUT2D eigenvalue weighted by Crippen LogP contribution is 2.12. The number of hydrogen-bond acceptors (Lipinski definition) is 4. The Morgan fingerprint density at radius 3 is 2.08 bits per heavy atom. The van der Waals surface area contributed by atoms with Crippen LogP contribution in [0.1, 0.15) is 27.7 Å². The van der Waals surface area contributed by atoms with Crippen molar-refractivity contribution in [2.24, 2.45) is 0 Å². The number of hydrogen-bond donors (Lipinski definition) is 0. The van der Waals surface area contributed by atoms with E-state index in [4.69, 9.17) is 4.74 Å². The molecule has 1 atom stereocenters. The molecule has 0 aliphatic heterocycles. The molecule has 0 heterocycles. The Hall–Kier alpha value is -0.580. The fraction of sp³-hybridized carbons (Fsp3) is 0.750. The van der Waals surface area contributed by atoms with Crippen molar-refractivity contribution < 1.29 is 19.1 Å². The number of rotatable bonds is 2. The Balaban J connectivity index is 4.05. The van der Waals surface area contributed by atoms with E-state index in [2.05, 4.69) is 20.7 Å². The molecular weight excluding hydrogens is 240 g/mol. The van der Waals surface area contributed by atoms with E-state index in [1.54, 1.807) is 20.8 Å². The van der Waals surface area contributed by atoms with E-state index < -0.39 is 22.6 Å². The van der Waals surface area contributed by atoms with E-state index in [1.807, 2.05) is 0 Å². The summed E-state index contributed by atoms with van der Waals surface area (Å²) in [6, 6.07) is 0. The van der Waals surface area contributed by atoms with E-state index in [9.17, 15) is 9.59 Å². The van der Waals surface area contributed by atoms with Gasteiger partial charge in [0.05, 0.1) is 0 Å². The van der Waals surface area contributed by atoms with E-state index >= 15 is 0 Å². The molecule has 0 aromatic rings. The number of alkyl halides is 1. The predicted molar refractivity (Wildman–Crippen MR) is 50.3 cm³/mol. The second-order valence-electron chi connectivity index (χ2n) is 3.46. The number of ether oxygens (including phenoxy) is 2. The van der Waals surface area contributed by atoms with Gasteiger partial charge in [-0.05, 0) is 36.7 Å². The van der Waals surface area contributed by atoms with Gasteiger partial charge in [0.2, 0.25) is 0 Å². The third kappa shape index (κ3) is 6.57. The molecule has 0 radical (unpaired) electrons. The maximum atomic E-state index is 11.1. The Morgan fingerprint density at radius 1 is 1.31 bits per heavy atom. The molecule has 0 bridgehead atoms. The zero-order valence-electron chi connectivity index (χ0n) is 8.09. The van der Waals surface area contributed by atoms with Crippen LogP contribution in [0.25, 0.3) is 0 Å². The quantitative estimate of drug-likeness (QED) is 0.554. The molecule has 76 valence electrons. The van der Waals surface area contributed by atoms with Gasteiger partial charge in [0.1, 0.15) is 5.60 Å². The normalized spacial score (nSPS) is 13.3. The molecule has 0 aliphatic rings. The van der Waals surface area contributed by atoms with Crippen molar-refractivity contribution in [2.45, 2.75) is 38.3 Å². The van der Waals surface area contributed by atoms with Crippen LogP contribution in [0.5, 0.6) is 0 Å². The standard InChI is InChI=1S/C8H13BrO4/c1-5(10)12-6(9)7(11)13-8(2,3)4/h6H,1-4H3. The minimum Gasteiger partial charge on any atom is -0.457 e. The first-order chi connectivity index (χ1) is 5.72. The van der Waals surface area contributed by atoms with Crippen molar-refractivity contribution >= 4 is 27.9 Å². The van der Waals surface area contributed by atoms with Crippen molar-refractivity contribution in [3.05, 3.63) is 0 Å². The third-order valence-corrected chi connectivity index (χ3v) is 1.42. The van der Waals surface area contributed by atoms with Gasteiger partial charge in [-0.15, -0.1) is 0 Å². The summed E-state index contributed by atoms with van der Waals surface area (Å²) < 4.78 is 9.50. The molecule has 5 heteroatoms. The molecule has 0 saturated heterocycles. The smallest absolute Gasteiger partial charge is 0.359 e. The van der Waals surface area contributed by atoms with Crippen LogP contribution in [-0.4, -0.2) is 22.6 Å². The van der Waals surface area contributed by atoms with Gasteiger partial charge in [-0.3, -0.25) is 4.79 Å². The summed E-state index contributed by atoms with van der Waals surface area (Å²) in [6.45, 7) is 6.42. The number of carbonyl (C=O) groups is 2. The van der Waals surface area contributed by atoms with Crippen LogP contribution in [0.15, 0.2) is 0 Å². The summed E-state index contributed by atoms with van der Waals surface area (Å²) >= 11 is 2.88. The average molecular weight is 253 g/mol. The fourth-order valence-electron chi connectivity index (χ4n) is 0.542. The van der Waals surface area contributed by atoms with Crippen LogP contribution in [0.4, 0.5) is 0 Å². The summed E-state index contributed by atoms with van der Waals surface area (Å²) in [5.41, 5.74) is -0.580. The molecule has 4 nitrogen and oxygen atoms in total. The van der Waals surface area contributed by atoms with Crippen molar-refractivity contribution in [2.75, 3.05) is 0 Å². The lowest BCUT2D eigenvalue weighted by molar-refractivity contribution is -0.167. The zero-order chi connectivity index (χ0) is 10.6. The van der Waals surface area contributed by atoms with E-state index in [0.29, 0.717) is 0 Å². The number of carbonyl (C=O) groups excluding carboxylic acids is 2. The average Bonchev–Trinajstić information content (AvgIpc) is 1.81. The van der Waals surface area contributed by atoms with Crippen molar-refractivity contribution in [1.82, 2.24) is 0 Å². The van der Waals surface area contributed by atoms with Crippen LogP contribution < -0.4 is 0 Å². The first kappa shape index (κ1) is 12.4. The first-order valence-corrected chi connectivity index (χ1v) is 4.68. The second kappa shape index (κ2) is 4.60. The van der Waals surface area contributed by atoms with Crippen LogP contribution in [0.3, 0.4) is 0 Å². The predicted octanol–water partition coefficient (Wildman–Crippen LogP) is 1.61. The molecule has 13 heavy (non-hydrogen) atoms. The molecule has 0 amide bonds. The van der Waals surface area contributed by atoms with Gasteiger partial charge in [0.25, 0.3) is 5.01 Å². The van der Waals surface area contributed by atoms with Crippen LogP contribution in [0.2, 0.25) is 0 Å². The zero-order valence-corrected chi connectivity index (χ0v) is 9.67. The molecule has 0 aromatic heterocycles. The molecule has 1 unspecified atom stereocenters. The largest absolute Gasteiger partial charge is 0.457 e. The van der Waals surface area contributed by atoms with Crippen LogP contribution in [-0.2, 0) is 19.1 Å². The maximum absolute atomic E-state index is 11.1. The Bertz CT molecular complexity index is 207. The third-order valence-electron chi connectivity index (χ3n) is 0.862. The van der Waals surface area contributed by atoms with Crippen LogP contribution in [0, 0.1) is 0 Å². The molecule has 0 spiro atoms. The summed E-state index contributed by atoms with van der Waals surface area (Å²) in [7, 11) is 0. The summed E-state index contributed by atoms with van der Waals surface area (Å²) in [5, 5.41) is -1.02. The monoisotopic (exact) mass is 252 g/mol. The molecular formula is C8H13BrO4. The Morgan fingerprint density at radius 2 is 1.77 bits per heavy atom. The van der Waals surface area contributed by atoms with Gasteiger partial charge >= 0.3 is 11.9 Å². The molecule has 0 saturated carbocycles. The lowest BCUT2D eigenvalue weighted by Gasteiger charge is -2.21. The fourth-order valence-corrected chi connectivity index (χ4v) is 0.899. The second-order valence-corrected chi connectivity index (χ2v) is 4.29. The maximum Gasteiger partial charge on any atom is 0.359 e. The topological polar surface area (TPSA) is 52.6 Å². The van der Waals surface area contributed by atoms with E-state index in [0.717, 1.165) is 0 Å². The SMILES string of the molecule is CC(=O)OC(Br)C(=O)OC(C)(C)C. The molecule has 0 aromatic carbocycles. The van der Waals surface area contributed by atoms with Gasteiger partial charge in [-0.2, -0.15) is 0 Å². The lowest BCUT2D eigenvalue weighted by Crippen LogP contribution is -2.31. The van der Waals surface area contributed by atoms with E-state index in [1.165, 1.54) is 6.92 Å². The first-order valence-electron chi connectivity index (χ1n) is 3.76. The van der Waals surface area contributed by atoms with Crippen LogP contribution >= 0.6 is 15.9 Å². The minimum absolute atomic E-state index is 0.535.